The molecule has 0 radical (unpaired) electrons. The van der Waals surface area contributed by atoms with Crippen LogP contribution >= 0.6 is 11.6 Å². The van der Waals surface area contributed by atoms with Crippen LogP contribution < -0.4 is 0 Å². The largest absolute Gasteiger partial charge is 0.361 e. The van der Waals surface area contributed by atoms with Gasteiger partial charge in [0.1, 0.15) is 5.78 Å². The van der Waals surface area contributed by atoms with Crippen LogP contribution in [-0.2, 0) is 10.2 Å². The second-order valence-corrected chi connectivity index (χ2v) is 5.59. The number of carbonyl (C=O) groups is 1. The van der Waals surface area contributed by atoms with Crippen molar-refractivity contribution in [1.82, 2.24) is 4.98 Å². The molecule has 0 saturated carbocycles. The number of aromatic nitrogens is 1. The molecule has 90 valence electrons. The van der Waals surface area contributed by atoms with Crippen LogP contribution in [0.1, 0.15) is 32.8 Å². The van der Waals surface area contributed by atoms with E-state index in [2.05, 4.69) is 18.8 Å². The van der Waals surface area contributed by atoms with Gasteiger partial charge in [-0.25, -0.2) is 0 Å². The first-order chi connectivity index (χ1) is 7.90. The smallest absolute Gasteiger partial charge is 0.130 e. The van der Waals surface area contributed by atoms with Crippen molar-refractivity contribution in [3.05, 3.63) is 35.0 Å². The van der Waals surface area contributed by atoms with Gasteiger partial charge < -0.3 is 4.98 Å². The molecule has 0 fully saturated rings. The minimum absolute atomic E-state index is 0.172. The number of rotatable bonds is 3. The standard InChI is InChI=1S/C14H16ClNO/c1-9(17)7-14(2,3)12-8-16-13-5-4-10(15)6-11(12)13/h4-6,8,16H,7H2,1-3H3. The number of carbonyl (C=O) groups excluding carboxylic acids is 1. The van der Waals surface area contributed by atoms with Crippen molar-refractivity contribution < 1.29 is 4.79 Å². The fourth-order valence-corrected chi connectivity index (χ4v) is 2.54. The summed E-state index contributed by atoms with van der Waals surface area (Å²) in [4.78, 5) is 14.5. The Morgan fingerprint density at radius 2 is 2.12 bits per heavy atom. The SMILES string of the molecule is CC(=O)CC(C)(C)c1c[nH]c2ccc(Cl)cc12. The Balaban J connectivity index is 2.55. The zero-order chi connectivity index (χ0) is 12.6. The van der Waals surface area contributed by atoms with Gasteiger partial charge in [-0.05, 0) is 36.1 Å². The molecule has 3 heteroatoms. The summed E-state index contributed by atoms with van der Waals surface area (Å²) in [5.74, 6) is 0.200. The van der Waals surface area contributed by atoms with Crippen molar-refractivity contribution in [2.45, 2.75) is 32.6 Å². The predicted molar refractivity (Wildman–Crippen MR) is 71.6 cm³/mol. The second kappa shape index (κ2) is 4.19. The van der Waals surface area contributed by atoms with Gasteiger partial charge in [-0.3, -0.25) is 4.79 Å². The van der Waals surface area contributed by atoms with E-state index in [0.29, 0.717) is 6.42 Å². The minimum Gasteiger partial charge on any atom is -0.361 e. The van der Waals surface area contributed by atoms with Crippen molar-refractivity contribution in [3.63, 3.8) is 0 Å². The van der Waals surface area contributed by atoms with E-state index in [0.717, 1.165) is 21.5 Å². The number of halogens is 1. The molecule has 0 aliphatic rings. The van der Waals surface area contributed by atoms with Crippen molar-refractivity contribution in [2.24, 2.45) is 0 Å². The van der Waals surface area contributed by atoms with E-state index >= 15 is 0 Å². The number of Topliss-reactive ketones (excluding diaryl/α,β-unsaturated/α-hetero) is 1. The molecule has 0 atom stereocenters. The topological polar surface area (TPSA) is 32.9 Å². The van der Waals surface area contributed by atoms with Gasteiger partial charge in [-0.2, -0.15) is 0 Å². The Bertz CT molecular complexity index is 569. The zero-order valence-electron chi connectivity index (χ0n) is 10.3. The summed E-state index contributed by atoms with van der Waals surface area (Å²) >= 11 is 6.02. The minimum atomic E-state index is -0.172. The van der Waals surface area contributed by atoms with Crippen molar-refractivity contribution in [2.75, 3.05) is 0 Å². The molecule has 0 aliphatic carbocycles. The number of ketones is 1. The van der Waals surface area contributed by atoms with Crippen molar-refractivity contribution >= 4 is 28.3 Å². The molecule has 0 aliphatic heterocycles. The van der Waals surface area contributed by atoms with E-state index in [1.54, 1.807) is 6.92 Å². The van der Waals surface area contributed by atoms with Gasteiger partial charge in [0, 0.05) is 28.5 Å². The van der Waals surface area contributed by atoms with Crippen LogP contribution in [0.3, 0.4) is 0 Å². The highest BCUT2D eigenvalue weighted by atomic mass is 35.5. The van der Waals surface area contributed by atoms with Gasteiger partial charge in [0.05, 0.1) is 0 Å². The molecule has 2 aromatic rings. The van der Waals surface area contributed by atoms with E-state index in [-0.39, 0.29) is 11.2 Å². The third-order valence-electron chi connectivity index (χ3n) is 3.06. The molecule has 2 nitrogen and oxygen atoms in total. The van der Waals surface area contributed by atoms with Crippen LogP contribution in [0.15, 0.2) is 24.4 Å². The number of aromatic amines is 1. The number of hydrogen-bond donors (Lipinski definition) is 1. The van der Waals surface area contributed by atoms with Gasteiger partial charge in [0.2, 0.25) is 0 Å². The molecule has 0 unspecified atom stereocenters. The first-order valence-corrected chi connectivity index (χ1v) is 6.04. The normalized spacial score (nSPS) is 12.0. The van der Waals surface area contributed by atoms with Gasteiger partial charge in [0.15, 0.2) is 0 Å². The maximum absolute atomic E-state index is 11.3. The molecule has 1 N–H and O–H groups in total. The molecule has 1 heterocycles. The highest BCUT2D eigenvalue weighted by Crippen LogP contribution is 2.34. The monoisotopic (exact) mass is 249 g/mol. The summed E-state index contributed by atoms with van der Waals surface area (Å²) in [6, 6.07) is 5.78. The van der Waals surface area contributed by atoms with Crippen molar-refractivity contribution in [3.8, 4) is 0 Å². The number of hydrogen-bond acceptors (Lipinski definition) is 1. The first-order valence-electron chi connectivity index (χ1n) is 5.67. The van der Waals surface area contributed by atoms with E-state index < -0.39 is 0 Å². The van der Waals surface area contributed by atoms with Crippen LogP contribution in [0.5, 0.6) is 0 Å². The van der Waals surface area contributed by atoms with Gasteiger partial charge >= 0.3 is 0 Å². The van der Waals surface area contributed by atoms with Gasteiger partial charge in [-0.15, -0.1) is 0 Å². The molecule has 17 heavy (non-hydrogen) atoms. The molecule has 2 rings (SSSR count). The molecule has 1 aromatic heterocycles. The van der Waals surface area contributed by atoms with Crippen LogP contribution in [-0.4, -0.2) is 10.8 Å². The molecule has 0 bridgehead atoms. The lowest BCUT2D eigenvalue weighted by molar-refractivity contribution is -0.118. The number of fused-ring (bicyclic) bond motifs is 1. The summed E-state index contributed by atoms with van der Waals surface area (Å²) in [5, 5.41) is 1.82. The molecule has 1 aromatic carbocycles. The van der Waals surface area contributed by atoms with Gasteiger partial charge in [0.25, 0.3) is 0 Å². The van der Waals surface area contributed by atoms with E-state index in [1.165, 1.54) is 0 Å². The maximum atomic E-state index is 11.3. The Kier molecular flexibility index (Phi) is 3.00. The highest BCUT2D eigenvalue weighted by molar-refractivity contribution is 6.31. The molecular formula is C14H16ClNO. The molecule has 0 saturated heterocycles. The molecular weight excluding hydrogens is 234 g/mol. The zero-order valence-corrected chi connectivity index (χ0v) is 11.1. The predicted octanol–water partition coefficient (Wildman–Crippen LogP) is 4.08. The van der Waals surface area contributed by atoms with Crippen LogP contribution in [0, 0.1) is 0 Å². The van der Waals surface area contributed by atoms with E-state index in [1.807, 2.05) is 24.4 Å². The fourth-order valence-electron chi connectivity index (χ4n) is 2.37. The van der Waals surface area contributed by atoms with Crippen LogP contribution in [0.4, 0.5) is 0 Å². The average Bonchev–Trinajstić information content (AvgIpc) is 2.58. The highest BCUT2D eigenvalue weighted by Gasteiger charge is 2.25. The summed E-state index contributed by atoms with van der Waals surface area (Å²) < 4.78 is 0. The summed E-state index contributed by atoms with van der Waals surface area (Å²) in [7, 11) is 0. The van der Waals surface area contributed by atoms with Gasteiger partial charge in [-0.1, -0.05) is 25.4 Å². The molecule has 0 spiro atoms. The quantitative estimate of drug-likeness (QED) is 0.874. The van der Waals surface area contributed by atoms with E-state index in [9.17, 15) is 4.79 Å². The Morgan fingerprint density at radius 1 is 1.41 bits per heavy atom. The third kappa shape index (κ3) is 2.37. The number of benzene rings is 1. The van der Waals surface area contributed by atoms with E-state index in [4.69, 9.17) is 11.6 Å². The van der Waals surface area contributed by atoms with Crippen LogP contribution in [0.25, 0.3) is 10.9 Å². The Hall–Kier alpha value is -1.28. The maximum Gasteiger partial charge on any atom is 0.130 e. The second-order valence-electron chi connectivity index (χ2n) is 5.15. The lowest BCUT2D eigenvalue weighted by Crippen LogP contribution is -2.20. The van der Waals surface area contributed by atoms with Crippen molar-refractivity contribution in [1.29, 1.82) is 0 Å². The summed E-state index contributed by atoms with van der Waals surface area (Å²) in [5.41, 5.74) is 2.03. The van der Waals surface area contributed by atoms with Crippen LogP contribution in [0.2, 0.25) is 5.02 Å². The number of nitrogens with one attached hydrogen (secondary N) is 1. The molecule has 0 amide bonds. The number of H-pyrrole nitrogens is 1. The lowest BCUT2D eigenvalue weighted by Gasteiger charge is -2.22. The average molecular weight is 250 g/mol. The fraction of sp³-hybridized carbons (Fsp3) is 0.357. The Morgan fingerprint density at radius 3 is 2.76 bits per heavy atom. The first kappa shape index (κ1) is 12.2. The summed E-state index contributed by atoms with van der Waals surface area (Å²) in [6.07, 6.45) is 2.51. The third-order valence-corrected chi connectivity index (χ3v) is 3.30. The summed E-state index contributed by atoms with van der Waals surface area (Å²) in [6.45, 7) is 5.79. The Labute approximate surface area is 106 Å². The lowest BCUT2D eigenvalue weighted by atomic mass is 9.80.